The van der Waals surface area contributed by atoms with Crippen molar-refractivity contribution in [1.82, 2.24) is 4.90 Å². The van der Waals surface area contributed by atoms with Crippen LogP contribution in [-0.2, 0) is 19.1 Å². The van der Waals surface area contributed by atoms with Crippen LogP contribution in [0.4, 0.5) is 0 Å². The number of hydrogen-bond acceptors (Lipinski definition) is 5. The zero-order valence-electron chi connectivity index (χ0n) is 9.38. The van der Waals surface area contributed by atoms with Crippen molar-refractivity contribution in [1.29, 1.82) is 0 Å². The molecular formula is C10H9Cl2NO6. The molecule has 0 radical (unpaired) electrons. The lowest BCUT2D eigenvalue weighted by Crippen LogP contribution is -2.67. The van der Waals surface area contributed by atoms with Gasteiger partial charge in [0.25, 0.3) is 5.54 Å². The second-order valence-electron chi connectivity index (χ2n) is 3.97. The minimum Gasteiger partial charge on any atom is -0.479 e. The summed E-state index contributed by atoms with van der Waals surface area (Å²) in [5, 5.41) is 18.3. The molecule has 2 rings (SSSR count). The Kier molecular flexibility index (Phi) is 3.46. The molecule has 2 heterocycles. The second kappa shape index (κ2) is 4.66. The number of aliphatic hydroxyl groups excluding tert-OH is 1. The Morgan fingerprint density at radius 3 is 2.63 bits per heavy atom. The van der Waals surface area contributed by atoms with Gasteiger partial charge in [0.2, 0.25) is 11.7 Å². The first-order valence-corrected chi connectivity index (χ1v) is 6.10. The topological polar surface area (TPSA) is 104 Å². The number of aliphatic carboxylic acids is 1. The van der Waals surface area contributed by atoms with Crippen LogP contribution in [0.25, 0.3) is 0 Å². The molecule has 1 amide bonds. The maximum Gasteiger partial charge on any atom is 0.345 e. The maximum absolute atomic E-state index is 12.1. The summed E-state index contributed by atoms with van der Waals surface area (Å²) in [5.41, 5.74) is -2.39. The number of fused-ring (bicyclic) bond motifs is 1. The van der Waals surface area contributed by atoms with E-state index in [2.05, 4.69) is 0 Å². The van der Waals surface area contributed by atoms with Crippen molar-refractivity contribution >= 4 is 40.9 Å². The van der Waals surface area contributed by atoms with Crippen LogP contribution in [0.1, 0.15) is 6.42 Å². The highest BCUT2D eigenvalue weighted by molar-refractivity contribution is 6.56. The number of carbonyl (C=O) groups excluding carboxylic acids is 2. The van der Waals surface area contributed by atoms with Crippen LogP contribution in [0, 0.1) is 0 Å². The number of hydrogen-bond donors (Lipinski definition) is 2. The number of halogens is 2. The lowest BCUT2D eigenvalue weighted by molar-refractivity contribution is -0.173. The van der Waals surface area contributed by atoms with Crippen LogP contribution in [0.3, 0.4) is 0 Å². The summed E-state index contributed by atoms with van der Waals surface area (Å²) >= 11 is 10.9. The molecular weight excluding hydrogens is 301 g/mol. The zero-order chi connectivity index (χ0) is 14.4. The van der Waals surface area contributed by atoms with Gasteiger partial charge in [0.05, 0.1) is 13.0 Å². The number of carboxylic acids is 1. The molecule has 0 unspecified atom stereocenters. The van der Waals surface area contributed by atoms with Crippen molar-refractivity contribution < 1.29 is 29.3 Å². The lowest BCUT2D eigenvalue weighted by Gasteiger charge is -2.39. The molecule has 0 bridgehead atoms. The fraction of sp³-hybridized carbons (Fsp3) is 0.500. The fourth-order valence-corrected chi connectivity index (χ4v) is 2.54. The quantitative estimate of drug-likeness (QED) is 0.418. The summed E-state index contributed by atoms with van der Waals surface area (Å²) in [6.45, 7) is -0.554. The number of Topliss-reactive ketones (excluding diaryl/α,β-unsaturated/α-hetero) is 1. The number of ketones is 1. The monoisotopic (exact) mass is 309 g/mol. The first kappa shape index (κ1) is 14.1. The van der Waals surface area contributed by atoms with Gasteiger partial charge in [0.15, 0.2) is 11.1 Å². The standard InChI is InChI=1S/C10H9Cl2NO6/c11-8(12)7(16)10(9(17)18)4(1-2-14)19-6-3-5(15)13(6)10/h1,6,8,14H,2-3H2,(H,17,18)/b4-1-/t6-,10-/m1/s1. The molecule has 0 aliphatic carbocycles. The largest absolute Gasteiger partial charge is 0.479 e. The number of amides is 1. The van der Waals surface area contributed by atoms with Gasteiger partial charge in [-0.25, -0.2) is 4.79 Å². The van der Waals surface area contributed by atoms with Crippen molar-refractivity contribution in [3.05, 3.63) is 11.8 Å². The molecule has 7 nitrogen and oxygen atoms in total. The first-order chi connectivity index (χ1) is 8.87. The molecule has 9 heteroatoms. The number of rotatable bonds is 4. The Bertz CT molecular complexity index is 490. The number of carboxylic acid groups (broad SMARTS) is 1. The van der Waals surface area contributed by atoms with Gasteiger partial charge in [0, 0.05) is 0 Å². The average Bonchev–Trinajstić information content (AvgIpc) is 2.58. The van der Waals surface area contributed by atoms with E-state index in [1.165, 1.54) is 0 Å². The van der Waals surface area contributed by atoms with Gasteiger partial charge >= 0.3 is 5.97 Å². The minimum absolute atomic E-state index is 0.0414. The Hall–Kier alpha value is -1.31. The molecule has 2 aliphatic rings. The van der Waals surface area contributed by atoms with Crippen LogP contribution < -0.4 is 0 Å². The summed E-state index contributed by atoms with van der Waals surface area (Å²) in [4.78, 5) is 34.4. The molecule has 2 fully saturated rings. The van der Waals surface area contributed by atoms with Crippen LogP contribution >= 0.6 is 23.2 Å². The third kappa shape index (κ3) is 1.73. The highest BCUT2D eigenvalue weighted by Gasteiger charge is 2.69. The van der Waals surface area contributed by atoms with Gasteiger partial charge in [-0.3, -0.25) is 14.5 Å². The smallest absolute Gasteiger partial charge is 0.345 e. The van der Waals surface area contributed by atoms with E-state index in [1.54, 1.807) is 0 Å². The molecule has 2 aliphatic heterocycles. The molecule has 0 saturated carbocycles. The number of carbonyl (C=O) groups is 3. The Morgan fingerprint density at radius 2 is 2.21 bits per heavy atom. The SMILES string of the molecule is O=C1C[C@H]2O/C(=C\CO)[C@](C(=O)O)(C(=O)C(Cl)Cl)N12. The maximum atomic E-state index is 12.1. The van der Waals surface area contributed by atoms with Gasteiger partial charge in [-0.15, -0.1) is 0 Å². The van der Waals surface area contributed by atoms with Crippen LogP contribution in [-0.4, -0.2) is 56.0 Å². The highest BCUT2D eigenvalue weighted by Crippen LogP contribution is 2.46. The van der Waals surface area contributed by atoms with Crippen molar-refractivity contribution in [3.63, 3.8) is 0 Å². The third-order valence-corrected chi connectivity index (χ3v) is 3.42. The molecule has 0 aromatic carbocycles. The summed E-state index contributed by atoms with van der Waals surface area (Å²) in [7, 11) is 0. The number of β-lactam (4-membered cyclic amide) rings is 1. The second-order valence-corrected chi connectivity index (χ2v) is 5.07. The summed E-state index contributed by atoms with van der Waals surface area (Å²) in [6.07, 6.45) is 0.117. The zero-order valence-corrected chi connectivity index (χ0v) is 10.9. The minimum atomic E-state index is -2.39. The molecule has 2 N–H and O–H groups in total. The molecule has 2 saturated heterocycles. The predicted octanol–water partition coefficient (Wildman–Crippen LogP) is -0.353. The number of alkyl halides is 2. The Labute approximate surface area is 117 Å². The van der Waals surface area contributed by atoms with Crippen LogP contribution in [0.15, 0.2) is 11.8 Å². The van der Waals surface area contributed by atoms with Crippen molar-refractivity contribution in [2.24, 2.45) is 0 Å². The van der Waals surface area contributed by atoms with E-state index in [0.717, 1.165) is 11.0 Å². The molecule has 2 atom stereocenters. The van der Waals surface area contributed by atoms with Gasteiger partial charge in [-0.05, 0) is 6.08 Å². The van der Waals surface area contributed by atoms with E-state index >= 15 is 0 Å². The highest BCUT2D eigenvalue weighted by atomic mass is 35.5. The fourth-order valence-electron chi connectivity index (χ4n) is 2.23. The molecule has 0 aromatic rings. The predicted molar refractivity (Wildman–Crippen MR) is 62.4 cm³/mol. The van der Waals surface area contributed by atoms with E-state index in [-0.39, 0.29) is 12.2 Å². The van der Waals surface area contributed by atoms with Gasteiger partial charge in [-0.2, -0.15) is 0 Å². The molecule has 0 spiro atoms. The van der Waals surface area contributed by atoms with E-state index in [1.807, 2.05) is 0 Å². The number of nitrogens with zero attached hydrogens (tertiary/aromatic N) is 1. The average molecular weight is 310 g/mol. The van der Waals surface area contributed by atoms with Crippen molar-refractivity contribution in [2.75, 3.05) is 6.61 Å². The summed E-state index contributed by atoms with van der Waals surface area (Å²) in [6, 6.07) is 0. The van der Waals surface area contributed by atoms with E-state index in [4.69, 9.17) is 33.0 Å². The Balaban J connectivity index is 2.59. The van der Waals surface area contributed by atoms with Crippen molar-refractivity contribution in [3.8, 4) is 0 Å². The van der Waals surface area contributed by atoms with E-state index in [9.17, 15) is 19.5 Å². The molecule has 104 valence electrons. The molecule has 0 aromatic heterocycles. The lowest BCUT2D eigenvalue weighted by atomic mass is 9.88. The van der Waals surface area contributed by atoms with Crippen LogP contribution in [0.5, 0.6) is 0 Å². The summed E-state index contributed by atoms with van der Waals surface area (Å²) < 4.78 is 5.21. The van der Waals surface area contributed by atoms with Gasteiger partial charge in [0.1, 0.15) is 5.76 Å². The third-order valence-electron chi connectivity index (χ3n) is 3.03. The molecule has 19 heavy (non-hydrogen) atoms. The van der Waals surface area contributed by atoms with Gasteiger partial charge in [-0.1, -0.05) is 23.2 Å². The normalized spacial score (nSPS) is 31.2. The van der Waals surface area contributed by atoms with Crippen molar-refractivity contribution in [2.45, 2.75) is 23.0 Å². The number of ether oxygens (including phenoxy) is 1. The summed E-state index contributed by atoms with van der Waals surface area (Å²) in [5.74, 6) is -3.62. The number of aliphatic hydroxyl groups is 1. The Morgan fingerprint density at radius 1 is 1.58 bits per heavy atom. The van der Waals surface area contributed by atoms with E-state index < -0.39 is 40.9 Å². The van der Waals surface area contributed by atoms with E-state index in [0.29, 0.717) is 0 Å². The van der Waals surface area contributed by atoms with Crippen LogP contribution in [0.2, 0.25) is 0 Å². The first-order valence-electron chi connectivity index (χ1n) is 5.23. The van der Waals surface area contributed by atoms with Gasteiger partial charge < -0.3 is 14.9 Å².